The number of rotatable bonds is 5. The van der Waals surface area contributed by atoms with Crippen LogP contribution in [0.25, 0.3) is 0 Å². The number of hydrogen-bond donors (Lipinski definition) is 1. The van der Waals surface area contributed by atoms with Crippen molar-refractivity contribution in [3.05, 3.63) is 35.1 Å². The molecular formula is C11H12FNOS. The van der Waals surface area contributed by atoms with Gasteiger partial charge in [-0.1, -0.05) is 6.07 Å². The van der Waals surface area contributed by atoms with E-state index in [0.717, 1.165) is 23.5 Å². The number of thioether (sulfide) groups is 1. The maximum absolute atomic E-state index is 13.0. The monoisotopic (exact) mass is 225 g/mol. The Kier molecular flexibility index (Phi) is 5.16. The van der Waals surface area contributed by atoms with E-state index in [1.54, 1.807) is 23.9 Å². The fourth-order valence-corrected chi connectivity index (χ4v) is 2.00. The fraction of sp³-hybridized carbons (Fsp3) is 0.364. The Bertz CT molecular complexity index is 362. The zero-order valence-electron chi connectivity index (χ0n) is 8.24. The van der Waals surface area contributed by atoms with Crippen LogP contribution in [-0.4, -0.2) is 17.5 Å². The van der Waals surface area contributed by atoms with E-state index in [0.29, 0.717) is 0 Å². The SMILES string of the molecule is N#Cc1cc(CSCCCO)ccc1F. The third-order valence-electron chi connectivity index (χ3n) is 1.87. The van der Waals surface area contributed by atoms with Crippen LogP contribution in [0.15, 0.2) is 18.2 Å². The second kappa shape index (κ2) is 6.44. The number of halogens is 1. The lowest BCUT2D eigenvalue weighted by Gasteiger charge is -2.02. The summed E-state index contributed by atoms with van der Waals surface area (Å²) in [6.45, 7) is 0.194. The molecule has 0 aromatic heterocycles. The molecule has 1 aromatic rings. The Hall–Kier alpha value is -1.05. The molecule has 0 bridgehead atoms. The van der Waals surface area contributed by atoms with Crippen LogP contribution in [0, 0.1) is 17.1 Å². The van der Waals surface area contributed by atoms with Crippen molar-refractivity contribution in [1.29, 1.82) is 5.26 Å². The van der Waals surface area contributed by atoms with Crippen LogP contribution < -0.4 is 0 Å². The highest BCUT2D eigenvalue weighted by molar-refractivity contribution is 7.98. The van der Waals surface area contributed by atoms with E-state index in [-0.39, 0.29) is 12.2 Å². The summed E-state index contributed by atoms with van der Waals surface area (Å²) in [4.78, 5) is 0. The summed E-state index contributed by atoms with van der Waals surface area (Å²) in [6, 6.07) is 6.39. The first-order valence-electron chi connectivity index (χ1n) is 4.65. The van der Waals surface area contributed by atoms with Crippen molar-refractivity contribution in [2.75, 3.05) is 12.4 Å². The second-order valence-corrected chi connectivity index (χ2v) is 4.16. The molecule has 2 nitrogen and oxygen atoms in total. The first-order chi connectivity index (χ1) is 7.27. The molecule has 0 saturated heterocycles. The molecular weight excluding hydrogens is 213 g/mol. The summed E-state index contributed by atoms with van der Waals surface area (Å²) in [7, 11) is 0. The van der Waals surface area contributed by atoms with Gasteiger partial charge in [-0.25, -0.2) is 4.39 Å². The fourth-order valence-electron chi connectivity index (χ4n) is 1.10. The summed E-state index contributed by atoms with van der Waals surface area (Å²) >= 11 is 1.66. The molecule has 0 amide bonds. The Labute approximate surface area is 92.7 Å². The molecule has 0 aliphatic rings. The lowest BCUT2D eigenvalue weighted by Crippen LogP contribution is -1.90. The summed E-state index contributed by atoms with van der Waals surface area (Å²) < 4.78 is 13.0. The number of aliphatic hydroxyl groups is 1. The highest BCUT2D eigenvalue weighted by Crippen LogP contribution is 2.16. The van der Waals surface area contributed by atoms with Crippen LogP contribution in [0.1, 0.15) is 17.5 Å². The average Bonchev–Trinajstić information content (AvgIpc) is 2.26. The van der Waals surface area contributed by atoms with E-state index in [1.807, 2.05) is 6.07 Å². The molecule has 15 heavy (non-hydrogen) atoms. The van der Waals surface area contributed by atoms with Gasteiger partial charge in [-0.05, 0) is 29.9 Å². The minimum atomic E-state index is -0.471. The molecule has 80 valence electrons. The van der Waals surface area contributed by atoms with E-state index >= 15 is 0 Å². The van der Waals surface area contributed by atoms with E-state index in [2.05, 4.69) is 0 Å². The van der Waals surface area contributed by atoms with Crippen LogP contribution in [0.2, 0.25) is 0 Å². The van der Waals surface area contributed by atoms with Gasteiger partial charge >= 0.3 is 0 Å². The van der Waals surface area contributed by atoms with Gasteiger partial charge < -0.3 is 5.11 Å². The summed E-state index contributed by atoms with van der Waals surface area (Å²) in [6.07, 6.45) is 0.761. The van der Waals surface area contributed by atoms with Crippen LogP contribution in [0.5, 0.6) is 0 Å². The maximum atomic E-state index is 13.0. The standard InChI is InChI=1S/C11H12FNOS/c12-11-3-2-9(6-10(11)7-13)8-15-5-1-4-14/h2-3,6,14H,1,4-5,8H2. The molecule has 0 fully saturated rings. The molecule has 1 rings (SSSR count). The number of nitriles is 1. The minimum absolute atomic E-state index is 0.0928. The van der Waals surface area contributed by atoms with Crippen molar-refractivity contribution >= 4 is 11.8 Å². The van der Waals surface area contributed by atoms with Gasteiger partial charge in [0, 0.05) is 12.4 Å². The summed E-state index contributed by atoms with van der Waals surface area (Å²) in [5.41, 5.74) is 1.03. The van der Waals surface area contributed by atoms with Crippen LogP contribution in [0.4, 0.5) is 4.39 Å². The molecule has 0 saturated carbocycles. The van der Waals surface area contributed by atoms with Gasteiger partial charge in [0.25, 0.3) is 0 Å². The first kappa shape index (κ1) is 12.0. The van der Waals surface area contributed by atoms with E-state index in [9.17, 15) is 4.39 Å². The zero-order chi connectivity index (χ0) is 11.1. The normalized spacial score (nSPS) is 9.93. The largest absolute Gasteiger partial charge is 0.396 e. The van der Waals surface area contributed by atoms with Crippen molar-refractivity contribution in [2.45, 2.75) is 12.2 Å². The molecule has 0 aliphatic carbocycles. The average molecular weight is 225 g/mol. The smallest absolute Gasteiger partial charge is 0.140 e. The molecule has 0 atom stereocenters. The molecule has 0 aliphatic heterocycles. The molecule has 0 spiro atoms. The zero-order valence-corrected chi connectivity index (χ0v) is 9.06. The molecule has 0 heterocycles. The predicted molar refractivity (Wildman–Crippen MR) is 59.0 cm³/mol. The predicted octanol–water partition coefficient (Wildman–Crippen LogP) is 2.31. The first-order valence-corrected chi connectivity index (χ1v) is 5.80. The van der Waals surface area contributed by atoms with Crippen molar-refractivity contribution in [1.82, 2.24) is 0 Å². The van der Waals surface area contributed by atoms with Gasteiger partial charge in [0.2, 0.25) is 0 Å². The van der Waals surface area contributed by atoms with Crippen molar-refractivity contribution < 1.29 is 9.50 Å². The van der Waals surface area contributed by atoms with Gasteiger partial charge in [-0.15, -0.1) is 0 Å². The minimum Gasteiger partial charge on any atom is -0.396 e. The third-order valence-corrected chi connectivity index (χ3v) is 2.98. The van der Waals surface area contributed by atoms with Crippen LogP contribution in [0.3, 0.4) is 0 Å². The molecule has 1 aromatic carbocycles. The van der Waals surface area contributed by atoms with Crippen LogP contribution in [-0.2, 0) is 5.75 Å². The molecule has 0 radical (unpaired) electrons. The number of nitrogens with zero attached hydrogens (tertiary/aromatic N) is 1. The third kappa shape index (κ3) is 3.90. The van der Waals surface area contributed by atoms with E-state index < -0.39 is 5.82 Å². The molecule has 0 unspecified atom stereocenters. The summed E-state index contributed by atoms with van der Waals surface area (Å²) in [5, 5.41) is 17.2. The van der Waals surface area contributed by atoms with Gasteiger partial charge in [0.1, 0.15) is 11.9 Å². The Morgan fingerprint density at radius 2 is 2.27 bits per heavy atom. The maximum Gasteiger partial charge on any atom is 0.140 e. The lowest BCUT2D eigenvalue weighted by molar-refractivity contribution is 0.296. The van der Waals surface area contributed by atoms with E-state index in [4.69, 9.17) is 10.4 Å². The second-order valence-electron chi connectivity index (χ2n) is 3.06. The van der Waals surface area contributed by atoms with Gasteiger partial charge in [-0.2, -0.15) is 17.0 Å². The number of benzene rings is 1. The Balaban J connectivity index is 2.52. The lowest BCUT2D eigenvalue weighted by atomic mass is 10.1. The van der Waals surface area contributed by atoms with Gasteiger partial charge in [0.05, 0.1) is 5.56 Å². The highest BCUT2D eigenvalue weighted by atomic mass is 32.2. The van der Waals surface area contributed by atoms with Crippen molar-refractivity contribution in [3.63, 3.8) is 0 Å². The number of aliphatic hydroxyl groups excluding tert-OH is 1. The summed E-state index contributed by atoms with van der Waals surface area (Å²) in [5.74, 6) is 1.15. The van der Waals surface area contributed by atoms with Crippen molar-refractivity contribution in [2.24, 2.45) is 0 Å². The van der Waals surface area contributed by atoms with Crippen LogP contribution >= 0.6 is 11.8 Å². The topological polar surface area (TPSA) is 44.0 Å². The van der Waals surface area contributed by atoms with Crippen molar-refractivity contribution in [3.8, 4) is 6.07 Å². The van der Waals surface area contributed by atoms with Gasteiger partial charge in [-0.3, -0.25) is 0 Å². The molecule has 1 N–H and O–H groups in total. The highest BCUT2D eigenvalue weighted by Gasteiger charge is 2.02. The number of hydrogen-bond acceptors (Lipinski definition) is 3. The van der Waals surface area contributed by atoms with Gasteiger partial charge in [0.15, 0.2) is 0 Å². The quantitative estimate of drug-likeness (QED) is 0.782. The van der Waals surface area contributed by atoms with E-state index in [1.165, 1.54) is 6.07 Å². The Morgan fingerprint density at radius 3 is 2.93 bits per heavy atom. The molecule has 4 heteroatoms. The Morgan fingerprint density at radius 1 is 1.47 bits per heavy atom.